The van der Waals surface area contributed by atoms with Crippen molar-refractivity contribution in [1.82, 2.24) is 0 Å². The summed E-state index contributed by atoms with van der Waals surface area (Å²) in [5.41, 5.74) is 1.01. The Kier molecular flexibility index (Phi) is 4.59. The van der Waals surface area contributed by atoms with Crippen LogP contribution in [-0.2, 0) is 6.40 Å². The van der Waals surface area contributed by atoms with E-state index in [1.165, 1.54) is 0 Å². The highest BCUT2D eigenvalue weighted by Gasteiger charge is 2.07. The van der Waals surface area contributed by atoms with Gasteiger partial charge in [-0.15, -0.1) is 0 Å². The highest BCUT2D eigenvalue weighted by molar-refractivity contribution is 5.15. The molecule has 78 valence electrons. The van der Waals surface area contributed by atoms with Crippen LogP contribution in [0, 0.1) is 5.92 Å². The molecule has 1 heteroatoms. The van der Waals surface area contributed by atoms with E-state index in [4.69, 9.17) is 1.37 Å². The molecule has 0 spiro atoms. The van der Waals surface area contributed by atoms with Gasteiger partial charge < -0.3 is 5.11 Å². The van der Waals surface area contributed by atoms with Gasteiger partial charge in [0.2, 0.25) is 0 Å². The molecule has 0 heterocycles. The normalized spacial score (nSPS) is 16.0. The monoisotopic (exact) mass is 193 g/mol. The number of aliphatic hydroxyl groups excluding tert-OH is 1. The Balaban J connectivity index is 2.60. The average molecular weight is 193 g/mol. The number of unbranched alkanes of at least 4 members (excludes halogenated alkanes) is 1. The maximum atomic E-state index is 9.26. The van der Waals surface area contributed by atoms with E-state index in [-0.39, 0.29) is 18.9 Å². The summed E-state index contributed by atoms with van der Waals surface area (Å²) in [6.07, 6.45) is 2.87. The van der Waals surface area contributed by atoms with Crippen LogP contribution in [0.3, 0.4) is 0 Å². The van der Waals surface area contributed by atoms with Gasteiger partial charge in [0, 0.05) is 7.98 Å². The minimum atomic E-state index is -0.289. The Morgan fingerprint density at radius 3 is 2.64 bits per heavy atom. The summed E-state index contributed by atoms with van der Waals surface area (Å²) < 4.78 is 8.09. The summed E-state index contributed by atoms with van der Waals surface area (Å²) in [5, 5.41) is 9.26. The van der Waals surface area contributed by atoms with Crippen LogP contribution in [0.25, 0.3) is 0 Å². The lowest BCUT2D eigenvalue weighted by molar-refractivity contribution is 0.215. The molecule has 1 N–H and O–H groups in total. The Labute approximate surface area is 88.2 Å². The van der Waals surface area contributed by atoms with Gasteiger partial charge >= 0.3 is 0 Å². The molecule has 0 radical (unpaired) electrons. The molecule has 14 heavy (non-hydrogen) atoms. The van der Waals surface area contributed by atoms with Crippen LogP contribution in [0.2, 0.25) is 0 Å². The molecule has 0 saturated carbocycles. The fourth-order valence-corrected chi connectivity index (χ4v) is 1.53. The van der Waals surface area contributed by atoms with Crippen LogP contribution in [0.4, 0.5) is 0 Å². The Morgan fingerprint density at radius 2 is 2.07 bits per heavy atom. The second-order valence-electron chi connectivity index (χ2n) is 3.66. The van der Waals surface area contributed by atoms with Crippen molar-refractivity contribution in [2.45, 2.75) is 32.6 Å². The first-order chi connectivity index (χ1) is 7.29. The highest BCUT2D eigenvalue weighted by atomic mass is 16.3. The first kappa shape index (κ1) is 9.72. The Bertz CT molecular complexity index is 260. The van der Waals surface area contributed by atoms with Crippen molar-refractivity contribution in [2.24, 2.45) is 5.92 Å². The molecule has 0 bridgehead atoms. The van der Waals surface area contributed by atoms with E-state index < -0.39 is 0 Å². The zero-order valence-corrected chi connectivity index (χ0v) is 8.82. The summed E-state index contributed by atoms with van der Waals surface area (Å²) in [4.78, 5) is 0. The molecule has 0 aliphatic heterocycles. The number of benzene rings is 1. The molecule has 1 aromatic carbocycles. The third kappa shape index (κ3) is 3.93. The lowest BCUT2D eigenvalue weighted by Gasteiger charge is -2.13. The van der Waals surface area contributed by atoms with E-state index in [2.05, 4.69) is 6.92 Å². The standard InChI is InChI=1S/C13H20O/c1-2-3-7-13(11-14)10-12-8-5-4-6-9-12/h4-6,8-9,13-14H,2-3,7,10-11H2,1H3/t13-/m1/s1/i10D/t10-,13+/m0. The molecule has 0 unspecified atom stereocenters. The Morgan fingerprint density at radius 1 is 1.36 bits per heavy atom. The van der Waals surface area contributed by atoms with E-state index in [0.29, 0.717) is 0 Å². The quantitative estimate of drug-likeness (QED) is 0.736. The molecule has 0 aromatic heterocycles. The van der Waals surface area contributed by atoms with Gasteiger partial charge in [-0.3, -0.25) is 0 Å². The molecule has 0 aliphatic carbocycles. The van der Waals surface area contributed by atoms with Crippen LogP contribution in [-0.4, -0.2) is 11.7 Å². The summed E-state index contributed by atoms with van der Waals surface area (Å²) >= 11 is 0. The van der Waals surface area contributed by atoms with Crippen LogP contribution in [0.5, 0.6) is 0 Å². The van der Waals surface area contributed by atoms with E-state index in [9.17, 15) is 5.11 Å². The molecular formula is C13H20O. The number of hydrogen-bond donors (Lipinski definition) is 1. The zero-order valence-electron chi connectivity index (χ0n) is 9.82. The number of aliphatic hydroxyl groups is 1. The summed E-state index contributed by atoms with van der Waals surface area (Å²) in [6.45, 7) is 2.25. The van der Waals surface area contributed by atoms with Crippen LogP contribution >= 0.6 is 0 Å². The summed E-state index contributed by atoms with van der Waals surface area (Å²) in [5.74, 6) is 0.0762. The second-order valence-corrected chi connectivity index (χ2v) is 3.66. The lowest BCUT2D eigenvalue weighted by Crippen LogP contribution is -2.09. The summed E-state index contributed by atoms with van der Waals surface area (Å²) in [7, 11) is 0. The zero-order chi connectivity index (χ0) is 11.1. The van der Waals surface area contributed by atoms with E-state index in [0.717, 1.165) is 24.8 Å². The number of rotatable bonds is 6. The molecular weight excluding hydrogens is 172 g/mol. The van der Waals surface area contributed by atoms with Crippen molar-refractivity contribution in [1.29, 1.82) is 0 Å². The molecule has 0 saturated heterocycles. The van der Waals surface area contributed by atoms with Crippen molar-refractivity contribution < 1.29 is 6.48 Å². The van der Waals surface area contributed by atoms with Crippen molar-refractivity contribution in [2.75, 3.05) is 6.61 Å². The van der Waals surface area contributed by atoms with Crippen molar-refractivity contribution in [3.05, 3.63) is 35.9 Å². The average Bonchev–Trinajstić information content (AvgIpc) is 2.31. The minimum absolute atomic E-state index is 0.0762. The topological polar surface area (TPSA) is 20.2 Å². The largest absolute Gasteiger partial charge is 0.396 e. The predicted molar refractivity (Wildman–Crippen MR) is 60.2 cm³/mol. The second kappa shape index (κ2) is 6.61. The third-order valence-electron chi connectivity index (χ3n) is 2.39. The smallest absolute Gasteiger partial charge is 0.0462 e. The molecule has 0 amide bonds. The first-order valence-corrected chi connectivity index (χ1v) is 5.37. The number of hydrogen-bond acceptors (Lipinski definition) is 1. The van der Waals surface area contributed by atoms with Crippen LogP contribution in [0.1, 0.15) is 33.1 Å². The van der Waals surface area contributed by atoms with E-state index in [1.807, 2.05) is 30.3 Å². The first-order valence-electron chi connectivity index (χ1n) is 5.95. The van der Waals surface area contributed by atoms with Gasteiger partial charge in [0.25, 0.3) is 0 Å². The molecule has 0 fully saturated rings. The molecule has 2 atom stereocenters. The predicted octanol–water partition coefficient (Wildman–Crippen LogP) is 3.03. The molecule has 1 rings (SSSR count). The van der Waals surface area contributed by atoms with Gasteiger partial charge in [-0.2, -0.15) is 0 Å². The molecule has 1 nitrogen and oxygen atoms in total. The van der Waals surface area contributed by atoms with Crippen LogP contribution in [0.15, 0.2) is 30.3 Å². The van der Waals surface area contributed by atoms with Gasteiger partial charge in [0.1, 0.15) is 0 Å². The van der Waals surface area contributed by atoms with Gasteiger partial charge in [-0.1, -0.05) is 50.1 Å². The van der Waals surface area contributed by atoms with Crippen molar-refractivity contribution >= 4 is 0 Å². The SMILES string of the molecule is [2H][C@@H](c1ccccc1)[C@H](CO)CCCC. The fraction of sp³-hybridized carbons (Fsp3) is 0.538. The van der Waals surface area contributed by atoms with Crippen LogP contribution < -0.4 is 0 Å². The third-order valence-corrected chi connectivity index (χ3v) is 2.39. The van der Waals surface area contributed by atoms with Gasteiger partial charge in [-0.25, -0.2) is 0 Å². The van der Waals surface area contributed by atoms with E-state index in [1.54, 1.807) is 0 Å². The maximum Gasteiger partial charge on any atom is 0.0462 e. The maximum absolute atomic E-state index is 9.26. The molecule has 1 aromatic rings. The summed E-state index contributed by atoms with van der Waals surface area (Å²) in [6, 6.07) is 9.78. The van der Waals surface area contributed by atoms with Gasteiger partial charge in [-0.05, 0) is 24.3 Å². The van der Waals surface area contributed by atoms with Gasteiger partial charge in [0.15, 0.2) is 0 Å². The fourth-order valence-electron chi connectivity index (χ4n) is 1.53. The van der Waals surface area contributed by atoms with Gasteiger partial charge in [0.05, 0.1) is 0 Å². The van der Waals surface area contributed by atoms with Crippen molar-refractivity contribution in [3.8, 4) is 0 Å². The highest BCUT2D eigenvalue weighted by Crippen LogP contribution is 2.14. The Hall–Kier alpha value is -0.820. The van der Waals surface area contributed by atoms with Crippen molar-refractivity contribution in [3.63, 3.8) is 0 Å². The molecule has 0 aliphatic rings. The van der Waals surface area contributed by atoms with E-state index >= 15 is 0 Å². The minimum Gasteiger partial charge on any atom is -0.396 e. The lowest BCUT2D eigenvalue weighted by atomic mass is 9.95.